The van der Waals surface area contributed by atoms with Crippen LogP contribution in [0.4, 0.5) is 0 Å². The largest absolute Gasteiger partial charge is 0.310 e. The molecule has 0 aliphatic carbocycles. The molecule has 2 bridgehead atoms. The van der Waals surface area contributed by atoms with E-state index in [-0.39, 0.29) is 0 Å². The van der Waals surface area contributed by atoms with Gasteiger partial charge in [-0.3, -0.25) is 4.79 Å². The Labute approximate surface area is 67.4 Å². The van der Waals surface area contributed by atoms with Gasteiger partial charge in [-0.05, 0) is 12.8 Å². The average molecular weight is 153 g/mol. The van der Waals surface area contributed by atoms with Crippen LogP contribution in [0.5, 0.6) is 0 Å². The van der Waals surface area contributed by atoms with Crippen molar-refractivity contribution in [3.8, 4) is 0 Å². The van der Waals surface area contributed by atoms with Gasteiger partial charge in [-0.25, -0.2) is 0 Å². The predicted octanol–water partition coefficient (Wildman–Crippen LogP) is 1.25. The van der Waals surface area contributed by atoms with Gasteiger partial charge in [-0.1, -0.05) is 12.8 Å². The summed E-state index contributed by atoms with van der Waals surface area (Å²) in [6.07, 6.45) is 6.61. The third kappa shape index (κ3) is 1.62. The maximum atomic E-state index is 11.2. The predicted molar refractivity (Wildman–Crippen MR) is 43.4 cm³/mol. The van der Waals surface area contributed by atoms with Crippen molar-refractivity contribution in [3.63, 3.8) is 0 Å². The highest BCUT2D eigenvalue weighted by atomic mass is 16.1. The van der Waals surface area contributed by atoms with Crippen molar-refractivity contribution in [2.45, 2.75) is 50.6 Å². The minimum absolute atomic E-state index is 0.473. The van der Waals surface area contributed by atoms with Gasteiger partial charge < -0.3 is 5.32 Å². The van der Waals surface area contributed by atoms with Crippen LogP contribution in [0.3, 0.4) is 0 Å². The lowest BCUT2D eigenvalue weighted by atomic mass is 9.96. The van der Waals surface area contributed by atoms with E-state index in [0.717, 1.165) is 12.8 Å². The Hall–Kier alpha value is -0.370. The number of ketones is 1. The van der Waals surface area contributed by atoms with E-state index >= 15 is 0 Å². The Kier molecular flexibility index (Phi) is 1.95. The number of fused-ring (bicyclic) bond motifs is 2. The highest BCUT2D eigenvalue weighted by Gasteiger charge is 2.27. The monoisotopic (exact) mass is 153 g/mol. The van der Waals surface area contributed by atoms with Crippen molar-refractivity contribution in [3.05, 3.63) is 0 Å². The molecule has 0 saturated carbocycles. The Morgan fingerprint density at radius 3 is 2.18 bits per heavy atom. The van der Waals surface area contributed by atoms with Crippen LogP contribution in [0.25, 0.3) is 0 Å². The zero-order chi connectivity index (χ0) is 7.68. The molecular formula is C9H15NO. The van der Waals surface area contributed by atoms with E-state index in [0.29, 0.717) is 17.9 Å². The van der Waals surface area contributed by atoms with E-state index < -0.39 is 0 Å². The molecule has 0 aromatic rings. The average Bonchev–Trinajstić information content (AvgIpc) is 2.11. The van der Waals surface area contributed by atoms with Crippen LogP contribution in [-0.2, 0) is 4.79 Å². The molecular weight excluding hydrogens is 138 g/mol. The molecule has 0 aromatic carbocycles. The standard InChI is InChI=1S/C9H15NO/c11-9-5-7-3-1-2-4-8(6-9)10-7/h7-8,10H,1-6H2/t7-,8+. The number of piperidine rings is 1. The Bertz CT molecular complexity index is 151. The molecule has 2 aliphatic rings. The van der Waals surface area contributed by atoms with E-state index in [1.54, 1.807) is 0 Å². The normalized spacial score (nSPS) is 38.4. The first-order chi connectivity index (χ1) is 5.34. The Morgan fingerprint density at radius 2 is 1.64 bits per heavy atom. The molecule has 2 aliphatic heterocycles. The first-order valence-corrected chi connectivity index (χ1v) is 4.62. The van der Waals surface area contributed by atoms with Crippen LogP contribution in [0, 0.1) is 0 Å². The lowest BCUT2D eigenvalue weighted by Crippen LogP contribution is -2.44. The molecule has 11 heavy (non-hydrogen) atoms. The van der Waals surface area contributed by atoms with Gasteiger partial charge >= 0.3 is 0 Å². The number of Topliss-reactive ketones (excluding diaryl/α,β-unsaturated/α-hetero) is 1. The molecule has 62 valence electrons. The van der Waals surface area contributed by atoms with Crippen molar-refractivity contribution < 1.29 is 4.79 Å². The summed E-state index contributed by atoms with van der Waals surface area (Å²) in [5.74, 6) is 0.473. The summed E-state index contributed by atoms with van der Waals surface area (Å²) in [4.78, 5) is 11.2. The molecule has 2 atom stereocenters. The summed E-state index contributed by atoms with van der Waals surface area (Å²) in [5.41, 5.74) is 0. The summed E-state index contributed by atoms with van der Waals surface area (Å²) in [6, 6.07) is 1.03. The molecule has 2 nitrogen and oxygen atoms in total. The number of hydrogen-bond donors (Lipinski definition) is 1. The molecule has 0 amide bonds. The van der Waals surface area contributed by atoms with E-state index in [1.165, 1.54) is 25.7 Å². The van der Waals surface area contributed by atoms with Gasteiger partial charge in [0, 0.05) is 24.9 Å². The summed E-state index contributed by atoms with van der Waals surface area (Å²) < 4.78 is 0. The highest BCUT2D eigenvalue weighted by molar-refractivity contribution is 5.80. The minimum Gasteiger partial charge on any atom is -0.310 e. The SMILES string of the molecule is O=C1C[C@H]2CCCC[C@@H](C1)N2. The third-order valence-corrected chi connectivity index (χ3v) is 2.77. The summed E-state index contributed by atoms with van der Waals surface area (Å²) in [6.45, 7) is 0. The third-order valence-electron chi connectivity index (χ3n) is 2.77. The van der Waals surface area contributed by atoms with Crippen molar-refractivity contribution in [1.29, 1.82) is 0 Å². The summed E-state index contributed by atoms with van der Waals surface area (Å²) in [5, 5.41) is 3.52. The number of carbonyl (C=O) groups is 1. The summed E-state index contributed by atoms with van der Waals surface area (Å²) in [7, 11) is 0. The quantitative estimate of drug-likeness (QED) is 0.567. The molecule has 2 heterocycles. The van der Waals surface area contributed by atoms with Crippen molar-refractivity contribution in [1.82, 2.24) is 5.32 Å². The fourth-order valence-corrected chi connectivity index (χ4v) is 2.24. The molecule has 0 unspecified atom stereocenters. The maximum absolute atomic E-state index is 11.2. The van der Waals surface area contributed by atoms with Gasteiger partial charge in [0.05, 0.1) is 0 Å². The first kappa shape index (κ1) is 7.29. The zero-order valence-electron chi connectivity index (χ0n) is 6.81. The Morgan fingerprint density at radius 1 is 1.09 bits per heavy atom. The number of nitrogens with one attached hydrogen (secondary N) is 1. The molecule has 0 radical (unpaired) electrons. The van der Waals surface area contributed by atoms with Gasteiger partial charge in [0.15, 0.2) is 0 Å². The number of rotatable bonds is 0. The number of carbonyl (C=O) groups excluding carboxylic acids is 1. The lowest BCUT2D eigenvalue weighted by molar-refractivity contribution is -0.121. The zero-order valence-corrected chi connectivity index (χ0v) is 6.81. The van der Waals surface area contributed by atoms with Crippen LogP contribution < -0.4 is 5.32 Å². The number of hydrogen-bond acceptors (Lipinski definition) is 2. The van der Waals surface area contributed by atoms with Gasteiger partial charge in [-0.15, -0.1) is 0 Å². The van der Waals surface area contributed by atoms with Gasteiger partial charge in [0.25, 0.3) is 0 Å². The molecule has 2 fully saturated rings. The second kappa shape index (κ2) is 2.94. The lowest BCUT2D eigenvalue weighted by Gasteiger charge is -2.27. The van der Waals surface area contributed by atoms with E-state index in [9.17, 15) is 4.79 Å². The van der Waals surface area contributed by atoms with Crippen LogP contribution in [-0.4, -0.2) is 17.9 Å². The maximum Gasteiger partial charge on any atom is 0.136 e. The first-order valence-electron chi connectivity index (χ1n) is 4.62. The van der Waals surface area contributed by atoms with E-state index in [4.69, 9.17) is 0 Å². The second-order valence-electron chi connectivity index (χ2n) is 3.79. The summed E-state index contributed by atoms with van der Waals surface area (Å²) >= 11 is 0. The van der Waals surface area contributed by atoms with Crippen LogP contribution >= 0.6 is 0 Å². The van der Waals surface area contributed by atoms with E-state index in [1.807, 2.05) is 0 Å². The molecule has 2 saturated heterocycles. The highest BCUT2D eigenvalue weighted by Crippen LogP contribution is 2.22. The van der Waals surface area contributed by atoms with E-state index in [2.05, 4.69) is 5.32 Å². The van der Waals surface area contributed by atoms with Gasteiger partial charge in [0.1, 0.15) is 5.78 Å². The molecule has 1 N–H and O–H groups in total. The smallest absolute Gasteiger partial charge is 0.136 e. The van der Waals surface area contributed by atoms with Crippen molar-refractivity contribution >= 4 is 5.78 Å². The van der Waals surface area contributed by atoms with Crippen molar-refractivity contribution in [2.24, 2.45) is 0 Å². The second-order valence-corrected chi connectivity index (χ2v) is 3.79. The van der Waals surface area contributed by atoms with Crippen molar-refractivity contribution in [2.75, 3.05) is 0 Å². The van der Waals surface area contributed by atoms with Crippen LogP contribution in [0.15, 0.2) is 0 Å². The topological polar surface area (TPSA) is 29.1 Å². The van der Waals surface area contributed by atoms with Crippen LogP contribution in [0.1, 0.15) is 38.5 Å². The Balaban J connectivity index is 2.04. The van der Waals surface area contributed by atoms with Gasteiger partial charge in [-0.2, -0.15) is 0 Å². The van der Waals surface area contributed by atoms with Gasteiger partial charge in [0.2, 0.25) is 0 Å². The van der Waals surface area contributed by atoms with Crippen LogP contribution in [0.2, 0.25) is 0 Å². The molecule has 0 spiro atoms. The fourth-order valence-electron chi connectivity index (χ4n) is 2.24. The molecule has 0 aromatic heterocycles. The fraction of sp³-hybridized carbons (Fsp3) is 0.889. The molecule has 2 rings (SSSR count). The minimum atomic E-state index is 0.473. The molecule has 2 heteroatoms.